The Kier molecular flexibility index (Phi) is 5.96. The van der Waals surface area contributed by atoms with Crippen LogP contribution in [0, 0.1) is 20.8 Å². The summed E-state index contributed by atoms with van der Waals surface area (Å²) in [5.41, 5.74) is 3.75. The van der Waals surface area contributed by atoms with Gasteiger partial charge in [0.25, 0.3) is 15.9 Å². The third kappa shape index (κ3) is 5.16. The van der Waals surface area contributed by atoms with Crippen molar-refractivity contribution in [3.8, 4) is 0 Å². The summed E-state index contributed by atoms with van der Waals surface area (Å²) in [7, 11) is -3.86. The van der Waals surface area contributed by atoms with Crippen LogP contribution in [0.15, 0.2) is 65.6 Å². The zero-order valence-corrected chi connectivity index (χ0v) is 17.9. The molecule has 0 aliphatic heterocycles. The van der Waals surface area contributed by atoms with E-state index >= 15 is 0 Å². The largest absolute Gasteiger partial charge is 0.322 e. The summed E-state index contributed by atoms with van der Waals surface area (Å²) >= 11 is 5.85. The fourth-order valence-corrected chi connectivity index (χ4v) is 4.45. The Morgan fingerprint density at radius 2 is 1.45 bits per heavy atom. The van der Waals surface area contributed by atoms with E-state index in [4.69, 9.17) is 11.6 Å². The molecule has 3 aromatic carbocycles. The van der Waals surface area contributed by atoms with E-state index in [1.54, 1.807) is 55.5 Å². The normalized spacial score (nSPS) is 11.2. The highest BCUT2D eigenvalue weighted by molar-refractivity contribution is 7.92. The molecule has 5 nitrogen and oxygen atoms in total. The van der Waals surface area contributed by atoms with Crippen molar-refractivity contribution in [2.45, 2.75) is 25.7 Å². The molecule has 3 rings (SSSR count). The first kappa shape index (κ1) is 20.9. The number of hydrogen-bond acceptors (Lipinski definition) is 3. The van der Waals surface area contributed by atoms with Gasteiger partial charge in [0.15, 0.2) is 0 Å². The first-order valence-electron chi connectivity index (χ1n) is 8.93. The van der Waals surface area contributed by atoms with E-state index < -0.39 is 15.9 Å². The number of halogens is 1. The van der Waals surface area contributed by atoms with Crippen LogP contribution in [0.2, 0.25) is 5.02 Å². The van der Waals surface area contributed by atoms with Crippen molar-refractivity contribution < 1.29 is 13.2 Å². The van der Waals surface area contributed by atoms with Crippen LogP contribution in [-0.4, -0.2) is 14.3 Å². The molecule has 0 atom stereocenters. The van der Waals surface area contributed by atoms with E-state index in [0.717, 1.165) is 11.1 Å². The Morgan fingerprint density at radius 3 is 2.07 bits per heavy atom. The van der Waals surface area contributed by atoms with Gasteiger partial charge in [-0.3, -0.25) is 9.52 Å². The van der Waals surface area contributed by atoms with Gasteiger partial charge in [0.05, 0.1) is 4.90 Å². The van der Waals surface area contributed by atoms with Gasteiger partial charge in [-0.25, -0.2) is 8.42 Å². The molecule has 3 aromatic rings. The monoisotopic (exact) mass is 428 g/mol. The minimum Gasteiger partial charge on any atom is -0.322 e. The second-order valence-electron chi connectivity index (χ2n) is 6.92. The standard InChI is InChI=1S/C22H21ClN2O3S/c1-14-10-15(2)12-20(11-14)25-29(27,28)21-13-17(5-4-16(21)3)22(26)24-19-8-6-18(23)7-9-19/h4-13,25H,1-3H3,(H,24,26). The van der Waals surface area contributed by atoms with Gasteiger partial charge >= 0.3 is 0 Å². The number of anilines is 2. The van der Waals surface area contributed by atoms with Crippen molar-refractivity contribution in [3.63, 3.8) is 0 Å². The molecule has 2 N–H and O–H groups in total. The highest BCUT2D eigenvalue weighted by atomic mass is 35.5. The quantitative estimate of drug-likeness (QED) is 0.577. The highest BCUT2D eigenvalue weighted by Crippen LogP contribution is 2.23. The first-order valence-corrected chi connectivity index (χ1v) is 10.8. The van der Waals surface area contributed by atoms with Gasteiger partial charge in [0.2, 0.25) is 0 Å². The predicted octanol–water partition coefficient (Wildman–Crippen LogP) is 5.32. The van der Waals surface area contributed by atoms with Crippen LogP contribution in [0.25, 0.3) is 0 Å². The van der Waals surface area contributed by atoms with Gasteiger partial charge < -0.3 is 5.32 Å². The maximum atomic E-state index is 13.0. The van der Waals surface area contributed by atoms with Gasteiger partial charge in [-0.1, -0.05) is 23.7 Å². The number of nitrogens with one attached hydrogen (secondary N) is 2. The Labute approximate surface area is 175 Å². The molecule has 0 fully saturated rings. The maximum Gasteiger partial charge on any atom is 0.262 e. The van der Waals surface area contributed by atoms with Crippen LogP contribution in [0.5, 0.6) is 0 Å². The second-order valence-corrected chi connectivity index (χ2v) is 9.01. The molecule has 29 heavy (non-hydrogen) atoms. The third-order valence-electron chi connectivity index (χ3n) is 4.32. The van der Waals surface area contributed by atoms with Crippen molar-refractivity contribution in [2.75, 3.05) is 10.0 Å². The molecule has 1 amide bonds. The lowest BCUT2D eigenvalue weighted by molar-refractivity contribution is 0.102. The lowest BCUT2D eigenvalue weighted by Crippen LogP contribution is -2.17. The van der Waals surface area contributed by atoms with Crippen molar-refractivity contribution in [2.24, 2.45) is 0 Å². The number of carbonyl (C=O) groups excluding carboxylic acids is 1. The molecule has 0 bridgehead atoms. The minimum absolute atomic E-state index is 0.0559. The number of benzene rings is 3. The van der Waals surface area contributed by atoms with E-state index in [-0.39, 0.29) is 10.5 Å². The smallest absolute Gasteiger partial charge is 0.262 e. The van der Waals surface area contributed by atoms with Crippen LogP contribution in [0.1, 0.15) is 27.0 Å². The summed E-state index contributed by atoms with van der Waals surface area (Å²) in [6.07, 6.45) is 0. The van der Waals surface area contributed by atoms with Gasteiger partial charge in [-0.2, -0.15) is 0 Å². The topological polar surface area (TPSA) is 75.3 Å². The Balaban J connectivity index is 1.89. The molecule has 150 valence electrons. The zero-order valence-electron chi connectivity index (χ0n) is 16.3. The van der Waals surface area contributed by atoms with Crippen LogP contribution < -0.4 is 10.0 Å². The molecular weight excluding hydrogens is 408 g/mol. The third-order valence-corrected chi connectivity index (χ3v) is 6.09. The Bertz CT molecular complexity index is 1150. The van der Waals surface area contributed by atoms with Crippen molar-refractivity contribution in [1.82, 2.24) is 0 Å². The number of aryl methyl sites for hydroxylation is 3. The summed E-state index contributed by atoms with van der Waals surface area (Å²) in [6.45, 7) is 5.49. The number of carbonyl (C=O) groups is 1. The molecule has 0 unspecified atom stereocenters. The fourth-order valence-electron chi connectivity index (χ4n) is 3.01. The lowest BCUT2D eigenvalue weighted by Gasteiger charge is -2.13. The molecule has 0 aliphatic rings. The first-order chi connectivity index (χ1) is 13.6. The van der Waals surface area contributed by atoms with Crippen molar-refractivity contribution in [1.29, 1.82) is 0 Å². The second kappa shape index (κ2) is 8.27. The van der Waals surface area contributed by atoms with E-state index in [2.05, 4.69) is 10.0 Å². The average Bonchev–Trinajstić information content (AvgIpc) is 2.62. The molecule has 0 radical (unpaired) electrons. The molecule has 0 saturated carbocycles. The zero-order chi connectivity index (χ0) is 21.2. The molecule has 0 aromatic heterocycles. The Hall–Kier alpha value is -2.83. The lowest BCUT2D eigenvalue weighted by atomic mass is 10.1. The number of amides is 1. The average molecular weight is 429 g/mol. The number of rotatable bonds is 5. The van der Waals surface area contributed by atoms with Gasteiger partial charge in [0.1, 0.15) is 0 Å². The van der Waals surface area contributed by atoms with Gasteiger partial charge in [-0.15, -0.1) is 0 Å². The van der Waals surface area contributed by atoms with E-state index in [9.17, 15) is 13.2 Å². The highest BCUT2D eigenvalue weighted by Gasteiger charge is 2.20. The Morgan fingerprint density at radius 1 is 0.828 bits per heavy atom. The van der Waals surface area contributed by atoms with Crippen molar-refractivity contribution in [3.05, 3.63) is 87.9 Å². The van der Waals surface area contributed by atoms with Gasteiger partial charge in [-0.05, 0) is 86.0 Å². The summed E-state index contributed by atoms with van der Waals surface area (Å²) in [4.78, 5) is 12.6. The minimum atomic E-state index is -3.86. The molecular formula is C22H21ClN2O3S. The number of sulfonamides is 1. The summed E-state index contributed by atoms with van der Waals surface area (Å²) in [5.74, 6) is -0.407. The van der Waals surface area contributed by atoms with Crippen LogP contribution in [0.4, 0.5) is 11.4 Å². The number of hydrogen-bond donors (Lipinski definition) is 2. The van der Waals surface area contributed by atoms with E-state index in [0.29, 0.717) is 22.0 Å². The van der Waals surface area contributed by atoms with E-state index in [1.807, 2.05) is 19.9 Å². The predicted molar refractivity (Wildman–Crippen MR) is 117 cm³/mol. The van der Waals surface area contributed by atoms with Crippen LogP contribution in [-0.2, 0) is 10.0 Å². The molecule has 0 spiro atoms. The summed E-state index contributed by atoms with van der Waals surface area (Å²) in [6, 6.07) is 16.8. The van der Waals surface area contributed by atoms with Crippen molar-refractivity contribution >= 4 is 38.9 Å². The molecule has 0 aliphatic carbocycles. The van der Waals surface area contributed by atoms with Crippen LogP contribution in [0.3, 0.4) is 0 Å². The summed E-state index contributed by atoms with van der Waals surface area (Å²) in [5, 5.41) is 3.29. The fraction of sp³-hybridized carbons (Fsp3) is 0.136. The van der Waals surface area contributed by atoms with Crippen LogP contribution >= 0.6 is 11.6 Å². The SMILES string of the molecule is Cc1cc(C)cc(NS(=O)(=O)c2cc(C(=O)Nc3ccc(Cl)cc3)ccc2C)c1. The maximum absolute atomic E-state index is 13.0. The summed E-state index contributed by atoms with van der Waals surface area (Å²) < 4.78 is 28.5. The van der Waals surface area contributed by atoms with E-state index in [1.165, 1.54) is 6.07 Å². The molecule has 0 heterocycles. The molecule has 7 heteroatoms. The molecule has 0 saturated heterocycles. The van der Waals surface area contributed by atoms with Gasteiger partial charge in [0, 0.05) is 22.0 Å².